The lowest BCUT2D eigenvalue weighted by Crippen LogP contribution is -2.53. The number of rotatable bonds is 8. The van der Waals surface area contributed by atoms with Crippen LogP contribution in [0.3, 0.4) is 0 Å². The molecule has 0 radical (unpaired) electrons. The van der Waals surface area contributed by atoms with Gasteiger partial charge < -0.3 is 19.3 Å². The van der Waals surface area contributed by atoms with Gasteiger partial charge in [-0.05, 0) is 107 Å². The van der Waals surface area contributed by atoms with Crippen LogP contribution in [0.5, 0.6) is 0 Å². The normalized spacial score (nSPS) is 25.8. The summed E-state index contributed by atoms with van der Waals surface area (Å²) in [4.78, 5) is 37.1. The lowest BCUT2D eigenvalue weighted by Gasteiger charge is -2.47. The van der Waals surface area contributed by atoms with E-state index in [2.05, 4.69) is 51.3 Å². The molecule has 7 nitrogen and oxygen atoms in total. The van der Waals surface area contributed by atoms with Gasteiger partial charge in [-0.2, -0.15) is 0 Å². The van der Waals surface area contributed by atoms with Gasteiger partial charge in [0.05, 0.1) is 23.8 Å². The van der Waals surface area contributed by atoms with Gasteiger partial charge in [0.1, 0.15) is 5.66 Å². The summed E-state index contributed by atoms with van der Waals surface area (Å²) >= 11 is 0. The summed E-state index contributed by atoms with van der Waals surface area (Å²) in [5.74, 6) is 0.956. The molecule has 1 aromatic carbocycles. The Morgan fingerprint density at radius 3 is 2.26 bits per heavy atom. The first-order chi connectivity index (χ1) is 20.1. The molecule has 1 aromatic rings. The van der Waals surface area contributed by atoms with Crippen molar-refractivity contribution in [3.8, 4) is 0 Å². The molecule has 2 atom stereocenters. The second-order valence-corrected chi connectivity index (χ2v) is 15.6. The fourth-order valence-corrected chi connectivity index (χ4v) is 7.17. The Balaban J connectivity index is 1.72. The zero-order valence-corrected chi connectivity index (χ0v) is 28.4. The van der Waals surface area contributed by atoms with E-state index in [1.807, 2.05) is 45.0 Å². The topological polar surface area (TPSA) is 71.4 Å². The first-order valence-corrected chi connectivity index (χ1v) is 16.7. The number of esters is 1. The highest BCUT2D eigenvalue weighted by atomic mass is 16.5. The van der Waals surface area contributed by atoms with Gasteiger partial charge in [0, 0.05) is 19.7 Å². The highest BCUT2D eigenvalue weighted by Crippen LogP contribution is 2.50. The molecule has 1 saturated carbocycles. The molecule has 2 unspecified atom stereocenters. The van der Waals surface area contributed by atoms with Crippen LogP contribution in [0.25, 0.3) is 0 Å². The molecule has 4 rings (SSSR count). The number of nitrogens with zero attached hydrogens (tertiary/aromatic N) is 3. The van der Waals surface area contributed by atoms with Crippen LogP contribution < -0.4 is 0 Å². The predicted octanol–water partition coefficient (Wildman–Crippen LogP) is 7.79. The van der Waals surface area contributed by atoms with Gasteiger partial charge in [0.15, 0.2) is 5.84 Å². The molecule has 0 N–H and O–H groups in total. The molecular formula is C36H57N3O4. The Bertz CT molecular complexity index is 1130. The molecule has 2 heterocycles. The van der Waals surface area contributed by atoms with E-state index >= 15 is 0 Å². The number of piperidine rings is 1. The fraction of sp³-hybridized carbons (Fsp3) is 0.750. The van der Waals surface area contributed by atoms with Crippen molar-refractivity contribution in [1.29, 1.82) is 0 Å². The van der Waals surface area contributed by atoms with Gasteiger partial charge in [-0.3, -0.25) is 4.79 Å². The average molecular weight is 596 g/mol. The number of carbonyl (C=O) groups excluding carboxylic acids is 2. The maximum atomic E-state index is 14.7. The number of amidine groups is 1. The molecule has 2 fully saturated rings. The lowest BCUT2D eigenvalue weighted by atomic mass is 9.69. The van der Waals surface area contributed by atoms with E-state index < -0.39 is 5.66 Å². The number of likely N-dealkylation sites (tertiary alicyclic amines) is 1. The summed E-state index contributed by atoms with van der Waals surface area (Å²) in [6, 6.07) is 7.62. The van der Waals surface area contributed by atoms with Gasteiger partial charge in [-0.1, -0.05) is 53.7 Å². The van der Waals surface area contributed by atoms with E-state index in [1.54, 1.807) is 0 Å². The van der Waals surface area contributed by atoms with E-state index in [0.29, 0.717) is 30.5 Å². The zero-order valence-electron chi connectivity index (χ0n) is 28.4. The highest BCUT2D eigenvalue weighted by Gasteiger charge is 2.54. The lowest BCUT2D eigenvalue weighted by molar-refractivity contribution is -0.134. The number of carbonyl (C=O) groups is 2. The summed E-state index contributed by atoms with van der Waals surface area (Å²) in [5.41, 5.74) is 1.38. The van der Waals surface area contributed by atoms with E-state index in [9.17, 15) is 9.59 Å². The van der Waals surface area contributed by atoms with Crippen molar-refractivity contribution >= 4 is 17.7 Å². The van der Waals surface area contributed by atoms with Crippen LogP contribution in [0.4, 0.5) is 0 Å². The fourth-order valence-electron chi connectivity index (χ4n) is 7.17. The Morgan fingerprint density at radius 1 is 1.05 bits per heavy atom. The number of benzene rings is 1. The van der Waals surface area contributed by atoms with Gasteiger partial charge in [0.25, 0.3) is 5.91 Å². The second kappa shape index (κ2) is 13.3. The minimum Gasteiger partial charge on any atom is -0.459 e. The summed E-state index contributed by atoms with van der Waals surface area (Å²) in [7, 11) is 0. The molecule has 1 spiro atoms. The van der Waals surface area contributed by atoms with Crippen molar-refractivity contribution < 1.29 is 19.1 Å². The van der Waals surface area contributed by atoms with Crippen molar-refractivity contribution in [2.24, 2.45) is 21.7 Å². The second-order valence-electron chi connectivity index (χ2n) is 15.6. The molecule has 3 aliphatic rings. The average Bonchev–Trinajstić information content (AvgIpc) is 3.19. The van der Waals surface area contributed by atoms with Crippen LogP contribution in [-0.4, -0.2) is 65.1 Å². The predicted molar refractivity (Wildman–Crippen MR) is 173 cm³/mol. The zero-order chi connectivity index (χ0) is 31.6. The smallest absolute Gasteiger partial charge is 0.338 e. The molecule has 1 amide bonds. The van der Waals surface area contributed by atoms with E-state index in [1.165, 1.54) is 0 Å². The summed E-state index contributed by atoms with van der Waals surface area (Å²) in [6.07, 6.45) is 7.62. The summed E-state index contributed by atoms with van der Waals surface area (Å²) < 4.78 is 11.5. The molecule has 1 aliphatic carbocycles. The number of hydrogen-bond acceptors (Lipinski definition) is 6. The van der Waals surface area contributed by atoms with Gasteiger partial charge in [0.2, 0.25) is 0 Å². The quantitative estimate of drug-likeness (QED) is 0.287. The number of ether oxygens (including phenoxy) is 2. The number of amides is 1. The Morgan fingerprint density at radius 2 is 1.70 bits per heavy atom. The number of hydrogen-bond donors (Lipinski definition) is 0. The third-order valence-electron chi connectivity index (χ3n) is 9.62. The van der Waals surface area contributed by atoms with Crippen LogP contribution in [0, 0.1) is 16.7 Å². The SMILES string of the molecule is CCOC1CCCN(C2=NC3(CCC(C(C)(C)C)CC3)N(C(CCC(C)(C)C)c3ccc(C(=O)OC(C)C)cc3)C2=O)C1. The number of aliphatic imine (C=N–C) groups is 1. The van der Waals surface area contributed by atoms with E-state index in [0.717, 1.165) is 63.5 Å². The van der Waals surface area contributed by atoms with Crippen molar-refractivity contribution in [3.63, 3.8) is 0 Å². The van der Waals surface area contributed by atoms with Crippen molar-refractivity contribution in [1.82, 2.24) is 9.80 Å². The third kappa shape index (κ3) is 8.01. The molecule has 240 valence electrons. The van der Waals surface area contributed by atoms with E-state index in [4.69, 9.17) is 14.5 Å². The van der Waals surface area contributed by atoms with Crippen LogP contribution in [0.15, 0.2) is 29.3 Å². The molecule has 1 saturated heterocycles. The van der Waals surface area contributed by atoms with Gasteiger partial charge in [-0.15, -0.1) is 0 Å². The van der Waals surface area contributed by atoms with Crippen LogP contribution >= 0.6 is 0 Å². The van der Waals surface area contributed by atoms with Crippen LogP contribution in [0.1, 0.15) is 136 Å². The maximum Gasteiger partial charge on any atom is 0.338 e. The molecule has 43 heavy (non-hydrogen) atoms. The molecule has 0 bridgehead atoms. The summed E-state index contributed by atoms with van der Waals surface area (Å²) in [5, 5.41) is 0. The van der Waals surface area contributed by atoms with Crippen molar-refractivity contribution in [2.45, 2.75) is 138 Å². The Labute approximate surface area is 260 Å². The first kappa shape index (κ1) is 33.5. The Kier molecular flexibility index (Phi) is 10.4. The van der Waals surface area contributed by atoms with E-state index in [-0.39, 0.29) is 41.0 Å². The molecule has 2 aliphatic heterocycles. The van der Waals surface area contributed by atoms with Crippen LogP contribution in [-0.2, 0) is 14.3 Å². The summed E-state index contributed by atoms with van der Waals surface area (Å²) in [6.45, 7) is 21.8. The Hall–Kier alpha value is -2.41. The molecule has 0 aromatic heterocycles. The third-order valence-corrected chi connectivity index (χ3v) is 9.62. The standard InChI is InChI=1S/C36H57N3O4/c1-10-42-29-12-11-23-38(24-29)31-32(40)39(36(37-31)21-17-28(18-22-36)35(7,8)9)30(19-20-34(4,5)6)26-13-15-27(16-14-26)33(41)43-25(2)3/h13-16,25,28-30H,10-12,17-24H2,1-9H3. The van der Waals surface area contributed by atoms with Gasteiger partial charge in [-0.25, -0.2) is 9.79 Å². The molecule has 7 heteroatoms. The minimum absolute atomic E-state index is 0.0496. The monoisotopic (exact) mass is 595 g/mol. The van der Waals surface area contributed by atoms with Crippen LogP contribution in [0.2, 0.25) is 0 Å². The van der Waals surface area contributed by atoms with Gasteiger partial charge >= 0.3 is 5.97 Å². The minimum atomic E-state index is -0.551. The maximum absolute atomic E-state index is 14.7. The highest BCUT2D eigenvalue weighted by molar-refractivity contribution is 6.39. The molecular weight excluding hydrogens is 538 g/mol. The first-order valence-electron chi connectivity index (χ1n) is 16.7. The van der Waals surface area contributed by atoms with Crippen molar-refractivity contribution in [3.05, 3.63) is 35.4 Å². The largest absolute Gasteiger partial charge is 0.459 e. The van der Waals surface area contributed by atoms with Crippen molar-refractivity contribution in [2.75, 3.05) is 19.7 Å².